The number of benzene rings is 2. The van der Waals surface area contributed by atoms with E-state index in [1.165, 1.54) is 22.3 Å². The van der Waals surface area contributed by atoms with E-state index < -0.39 is 0 Å². The molecule has 0 atom stereocenters. The molecule has 30 heavy (non-hydrogen) atoms. The van der Waals surface area contributed by atoms with Crippen molar-refractivity contribution >= 4 is 17.1 Å². The molecular weight excluding hydrogens is 364 g/mol. The van der Waals surface area contributed by atoms with Gasteiger partial charge in [0.05, 0.1) is 5.69 Å². The number of hydrogen-bond donors (Lipinski definition) is 0. The quantitative estimate of drug-likeness (QED) is 0.392. The summed E-state index contributed by atoms with van der Waals surface area (Å²) in [5, 5.41) is 5.02. The van der Waals surface area contributed by atoms with E-state index >= 15 is 0 Å². The zero-order chi connectivity index (χ0) is 22.6. The molecule has 2 aromatic rings. The van der Waals surface area contributed by atoms with Crippen molar-refractivity contribution in [2.24, 2.45) is 4.99 Å². The minimum absolute atomic E-state index is 0.404. The molecule has 0 aliphatic heterocycles. The Morgan fingerprint density at radius 2 is 1.07 bits per heavy atom. The fourth-order valence-corrected chi connectivity index (χ4v) is 3.73. The van der Waals surface area contributed by atoms with Crippen LogP contribution in [0.2, 0.25) is 0 Å². The molecule has 2 nitrogen and oxygen atoms in total. The predicted octanol–water partition coefficient (Wildman–Crippen LogP) is 9.49. The van der Waals surface area contributed by atoms with Gasteiger partial charge in [-0.2, -0.15) is 0 Å². The van der Waals surface area contributed by atoms with E-state index in [2.05, 4.69) is 98.4 Å². The second-order valence-electron chi connectivity index (χ2n) is 9.44. The second kappa shape index (κ2) is 10.1. The molecular formula is C28H39N2-. The van der Waals surface area contributed by atoms with E-state index in [-0.39, 0.29) is 0 Å². The van der Waals surface area contributed by atoms with Crippen LogP contribution in [0, 0.1) is 0 Å². The smallest absolute Gasteiger partial charge is 0.0701 e. The maximum absolute atomic E-state index is 5.07. The molecule has 2 heteroatoms. The molecule has 0 saturated heterocycles. The van der Waals surface area contributed by atoms with Crippen LogP contribution in [0.15, 0.2) is 53.7 Å². The molecule has 0 amide bonds. The number of nitrogens with zero attached hydrogens (tertiary/aromatic N) is 2. The van der Waals surface area contributed by atoms with Crippen molar-refractivity contribution in [2.45, 2.75) is 86.0 Å². The molecule has 0 bridgehead atoms. The lowest BCUT2D eigenvalue weighted by Crippen LogP contribution is -2.01. The first-order valence-corrected chi connectivity index (χ1v) is 11.3. The summed E-state index contributed by atoms with van der Waals surface area (Å²) in [7, 11) is 0. The van der Waals surface area contributed by atoms with E-state index in [1.54, 1.807) is 0 Å². The summed E-state index contributed by atoms with van der Waals surface area (Å²) < 4.78 is 0. The van der Waals surface area contributed by atoms with Crippen molar-refractivity contribution in [2.75, 3.05) is 0 Å². The molecule has 0 unspecified atom stereocenters. The van der Waals surface area contributed by atoms with Crippen LogP contribution >= 0.6 is 0 Å². The zero-order valence-corrected chi connectivity index (χ0v) is 20.4. The van der Waals surface area contributed by atoms with Crippen LogP contribution in [0.3, 0.4) is 0 Å². The first kappa shape index (κ1) is 23.9. The van der Waals surface area contributed by atoms with Crippen LogP contribution in [0.5, 0.6) is 0 Å². The van der Waals surface area contributed by atoms with Crippen LogP contribution in [-0.2, 0) is 0 Å². The maximum Gasteiger partial charge on any atom is 0.0701 e. The van der Waals surface area contributed by atoms with E-state index in [0.717, 1.165) is 22.8 Å². The number of para-hydroxylation sites is 2. The third-order valence-electron chi connectivity index (χ3n) is 5.63. The van der Waals surface area contributed by atoms with Gasteiger partial charge in [-0.25, -0.2) is 0 Å². The summed E-state index contributed by atoms with van der Waals surface area (Å²) >= 11 is 0. The van der Waals surface area contributed by atoms with Gasteiger partial charge in [0.2, 0.25) is 0 Å². The lowest BCUT2D eigenvalue weighted by molar-refractivity contribution is 0.834. The maximum atomic E-state index is 5.07. The Morgan fingerprint density at radius 1 is 0.700 bits per heavy atom. The minimum atomic E-state index is 0.404. The van der Waals surface area contributed by atoms with Crippen LogP contribution in [0.1, 0.15) is 108 Å². The Morgan fingerprint density at radius 3 is 1.43 bits per heavy atom. The summed E-state index contributed by atoms with van der Waals surface area (Å²) in [6.45, 7) is 24.1. The van der Waals surface area contributed by atoms with E-state index in [1.807, 2.05) is 6.92 Å². The van der Waals surface area contributed by atoms with Gasteiger partial charge >= 0.3 is 0 Å². The Labute approximate surface area is 184 Å². The van der Waals surface area contributed by atoms with Gasteiger partial charge in [0.25, 0.3) is 0 Å². The average Bonchev–Trinajstić information content (AvgIpc) is 2.67. The Balaban J connectivity index is 2.49. The van der Waals surface area contributed by atoms with Gasteiger partial charge in [-0.15, -0.1) is 18.0 Å². The molecule has 0 aliphatic rings. The van der Waals surface area contributed by atoms with E-state index in [9.17, 15) is 0 Å². The summed E-state index contributed by atoms with van der Waals surface area (Å²) in [6, 6.07) is 13.0. The third kappa shape index (κ3) is 5.41. The van der Waals surface area contributed by atoms with Crippen LogP contribution in [-0.4, -0.2) is 5.71 Å². The Kier molecular flexibility index (Phi) is 8.06. The van der Waals surface area contributed by atoms with Crippen LogP contribution < -0.4 is 0 Å². The van der Waals surface area contributed by atoms with Gasteiger partial charge in [0.1, 0.15) is 0 Å². The van der Waals surface area contributed by atoms with Crippen molar-refractivity contribution in [3.8, 4) is 0 Å². The average molecular weight is 404 g/mol. The highest BCUT2D eigenvalue weighted by atomic mass is 14.9. The minimum Gasteiger partial charge on any atom is -0.656 e. The Hall–Kier alpha value is -2.35. The molecule has 0 aromatic heterocycles. The molecule has 0 aliphatic carbocycles. The largest absolute Gasteiger partial charge is 0.656 e. The molecule has 0 spiro atoms. The zero-order valence-electron chi connectivity index (χ0n) is 20.4. The predicted molar refractivity (Wildman–Crippen MR) is 134 cm³/mol. The first-order chi connectivity index (χ1) is 14.0. The van der Waals surface area contributed by atoms with Gasteiger partial charge in [0, 0.05) is 5.71 Å². The molecule has 0 heterocycles. The molecule has 162 valence electrons. The molecule has 0 fully saturated rings. The molecule has 0 N–H and O–H groups in total. The van der Waals surface area contributed by atoms with Gasteiger partial charge in [-0.1, -0.05) is 103 Å². The van der Waals surface area contributed by atoms with Crippen molar-refractivity contribution < 1.29 is 0 Å². The molecule has 2 aromatic carbocycles. The lowest BCUT2D eigenvalue weighted by atomic mass is 9.92. The monoisotopic (exact) mass is 403 g/mol. The first-order valence-electron chi connectivity index (χ1n) is 11.3. The summed E-state index contributed by atoms with van der Waals surface area (Å²) in [6.07, 6.45) is 0. The van der Waals surface area contributed by atoms with Crippen molar-refractivity contribution in [3.05, 3.63) is 76.2 Å². The fraction of sp³-hybridized carbons (Fsp3) is 0.464. The highest BCUT2D eigenvalue weighted by molar-refractivity contribution is 6.04. The lowest BCUT2D eigenvalue weighted by Gasteiger charge is -2.33. The molecule has 0 saturated carbocycles. The van der Waals surface area contributed by atoms with Gasteiger partial charge in [0.15, 0.2) is 0 Å². The highest BCUT2D eigenvalue weighted by Gasteiger charge is 2.14. The Bertz CT molecular complexity index is 862. The summed E-state index contributed by atoms with van der Waals surface area (Å²) in [4.78, 5) is 5.07. The molecule has 2 rings (SSSR count). The number of aliphatic imine (C=N–C) groups is 1. The SMILES string of the molecule is C=C([N-]c1c(C(C)C)cccc1C(C)C)C(C)=Nc1c(C(C)C)cccc1C(C)C. The van der Waals surface area contributed by atoms with E-state index in [0.29, 0.717) is 23.7 Å². The summed E-state index contributed by atoms with van der Waals surface area (Å²) in [5.41, 5.74) is 8.83. The van der Waals surface area contributed by atoms with E-state index in [4.69, 9.17) is 10.3 Å². The fourth-order valence-electron chi connectivity index (χ4n) is 3.73. The number of hydrogen-bond acceptors (Lipinski definition) is 1. The van der Waals surface area contributed by atoms with Crippen LogP contribution in [0.25, 0.3) is 5.32 Å². The number of rotatable bonds is 8. The van der Waals surface area contributed by atoms with Crippen molar-refractivity contribution in [3.63, 3.8) is 0 Å². The second-order valence-corrected chi connectivity index (χ2v) is 9.44. The highest BCUT2D eigenvalue weighted by Crippen LogP contribution is 2.40. The van der Waals surface area contributed by atoms with Crippen molar-refractivity contribution in [1.29, 1.82) is 0 Å². The topological polar surface area (TPSA) is 26.5 Å². The molecule has 0 radical (unpaired) electrons. The number of allylic oxidation sites excluding steroid dienone is 1. The van der Waals surface area contributed by atoms with Crippen LogP contribution in [0.4, 0.5) is 11.4 Å². The normalized spacial score (nSPS) is 12.4. The van der Waals surface area contributed by atoms with Gasteiger partial charge in [-0.05, 0) is 41.7 Å². The summed E-state index contributed by atoms with van der Waals surface area (Å²) in [5.74, 6) is 1.63. The third-order valence-corrected chi connectivity index (χ3v) is 5.63. The van der Waals surface area contributed by atoms with Gasteiger partial charge in [-0.3, -0.25) is 4.99 Å². The van der Waals surface area contributed by atoms with Crippen molar-refractivity contribution in [1.82, 2.24) is 0 Å². The van der Waals surface area contributed by atoms with Gasteiger partial charge < -0.3 is 5.32 Å². The standard InChI is InChI=1S/C28H39N2/c1-17(2)23-13-11-14-24(18(3)4)27(23)29-21(9)22(10)30-28-25(19(5)6)15-12-16-26(28)20(7)8/h11-20H,9H2,1-8,10H3/q-1.